The van der Waals surface area contributed by atoms with Crippen LogP contribution in [0.15, 0.2) is 101 Å². The average Bonchev–Trinajstić information content (AvgIpc) is 2.62. The normalized spacial score (nSPS) is 10.3. The maximum Gasteiger partial charge on any atom is 0.193 e. The van der Waals surface area contributed by atoms with Crippen LogP contribution in [0.5, 0.6) is 0 Å². The van der Waals surface area contributed by atoms with Crippen molar-refractivity contribution >= 4 is 23.1 Å². The second-order valence-corrected chi connectivity index (χ2v) is 6.20. The van der Waals surface area contributed by atoms with Crippen molar-refractivity contribution in [1.82, 2.24) is 0 Å². The minimum atomic E-state index is -0.0355. The van der Waals surface area contributed by atoms with Gasteiger partial charge in [-0.05, 0) is 23.8 Å². The Hall–Kier alpha value is -2.58. The van der Waals surface area contributed by atoms with E-state index in [9.17, 15) is 4.79 Å². The van der Waals surface area contributed by atoms with Crippen LogP contribution in [0.2, 0.25) is 0 Å². The highest BCUT2D eigenvalue weighted by atomic mass is 32.2. The van der Waals surface area contributed by atoms with E-state index in [1.54, 1.807) is 11.8 Å². The van der Waals surface area contributed by atoms with Crippen molar-refractivity contribution in [3.8, 4) is 0 Å². The number of hydrogen-bond donors (Lipinski definition) is 0. The highest BCUT2D eigenvalue weighted by molar-refractivity contribution is 7.99. The zero-order chi connectivity index (χ0) is 16.1. The Balaban J connectivity index is 1.91. The molecule has 0 atom stereocenters. The highest BCUT2D eigenvalue weighted by Gasteiger charge is 2.15. The second kappa shape index (κ2) is 7.12. The van der Waals surface area contributed by atoms with Gasteiger partial charge in [0.2, 0.25) is 0 Å². The van der Waals surface area contributed by atoms with Crippen molar-refractivity contribution in [3.05, 3.63) is 103 Å². The van der Waals surface area contributed by atoms with E-state index in [1.807, 2.05) is 72.8 Å². The molecule has 0 unspecified atom stereocenters. The van der Waals surface area contributed by atoms with Crippen LogP contribution >= 0.6 is 11.8 Å². The molecule has 0 fully saturated rings. The van der Waals surface area contributed by atoms with Gasteiger partial charge in [-0.3, -0.25) is 4.79 Å². The van der Waals surface area contributed by atoms with Crippen LogP contribution in [0.3, 0.4) is 0 Å². The Morgan fingerprint density at radius 3 is 2.00 bits per heavy atom. The fraction of sp³-hybridized carbons (Fsp3) is 0. The predicted octanol–water partition coefficient (Wildman–Crippen LogP) is 5.73. The highest BCUT2D eigenvalue weighted by Crippen LogP contribution is 2.34. The summed E-state index contributed by atoms with van der Waals surface area (Å²) >= 11 is 1.64. The number of ketones is 1. The molecule has 3 aromatic carbocycles. The first-order valence-corrected chi connectivity index (χ1v) is 8.18. The molecular weight excluding hydrogens is 300 g/mol. The Labute approximate surface area is 140 Å². The van der Waals surface area contributed by atoms with Crippen LogP contribution in [0, 0.1) is 0 Å². The van der Waals surface area contributed by atoms with E-state index in [0.29, 0.717) is 11.1 Å². The molecule has 0 heterocycles. The van der Waals surface area contributed by atoms with Gasteiger partial charge in [-0.1, -0.05) is 85.1 Å². The second-order valence-electron chi connectivity index (χ2n) is 5.08. The van der Waals surface area contributed by atoms with Crippen molar-refractivity contribution in [2.45, 2.75) is 9.79 Å². The van der Waals surface area contributed by atoms with Gasteiger partial charge in [-0.15, -0.1) is 0 Å². The fourth-order valence-electron chi connectivity index (χ4n) is 2.31. The van der Waals surface area contributed by atoms with Crippen molar-refractivity contribution in [3.63, 3.8) is 0 Å². The molecule has 0 aromatic heterocycles. The van der Waals surface area contributed by atoms with Gasteiger partial charge in [-0.2, -0.15) is 0 Å². The summed E-state index contributed by atoms with van der Waals surface area (Å²) in [5, 5.41) is 0. The zero-order valence-corrected chi connectivity index (χ0v) is 13.4. The third kappa shape index (κ3) is 3.61. The maximum absolute atomic E-state index is 12.6. The Morgan fingerprint density at radius 1 is 0.739 bits per heavy atom. The summed E-state index contributed by atoms with van der Waals surface area (Å²) in [6.07, 6.45) is 0. The quantitative estimate of drug-likeness (QED) is 0.441. The van der Waals surface area contributed by atoms with E-state index in [4.69, 9.17) is 0 Å². The minimum absolute atomic E-state index is 0.0355. The Kier molecular flexibility index (Phi) is 4.74. The molecule has 0 bridgehead atoms. The van der Waals surface area contributed by atoms with E-state index >= 15 is 0 Å². The van der Waals surface area contributed by atoms with Gasteiger partial charge in [-0.25, -0.2) is 0 Å². The number of rotatable bonds is 5. The molecule has 3 rings (SSSR count). The third-order valence-corrected chi connectivity index (χ3v) is 4.58. The maximum atomic E-state index is 12.6. The van der Waals surface area contributed by atoms with Crippen LogP contribution in [0.25, 0.3) is 5.57 Å². The number of Topliss-reactive ketones (excluding diaryl/α,β-unsaturated/α-hetero) is 1. The van der Waals surface area contributed by atoms with E-state index in [0.717, 1.165) is 15.4 Å². The van der Waals surface area contributed by atoms with Crippen molar-refractivity contribution in [2.75, 3.05) is 0 Å². The average molecular weight is 316 g/mol. The molecule has 2 heteroatoms. The first-order chi connectivity index (χ1) is 11.3. The summed E-state index contributed by atoms with van der Waals surface area (Å²) in [5.74, 6) is -0.0355. The molecule has 0 aliphatic rings. The standard InChI is InChI=1S/C21H16OS/c1-16(21(22)17-10-4-2-5-11-17)19-14-8-9-15-20(19)23-18-12-6-3-7-13-18/h2-15H,1H2. The Morgan fingerprint density at radius 2 is 1.30 bits per heavy atom. The molecule has 1 nitrogen and oxygen atoms in total. The molecule has 3 aromatic rings. The lowest BCUT2D eigenvalue weighted by molar-refractivity contribution is 0.105. The summed E-state index contributed by atoms with van der Waals surface area (Å²) in [4.78, 5) is 14.8. The third-order valence-electron chi connectivity index (χ3n) is 3.49. The molecule has 0 saturated heterocycles. The van der Waals surface area contributed by atoms with Crippen LogP contribution in [0.1, 0.15) is 15.9 Å². The van der Waals surface area contributed by atoms with Crippen molar-refractivity contribution in [1.29, 1.82) is 0 Å². The van der Waals surface area contributed by atoms with E-state index in [-0.39, 0.29) is 5.78 Å². The van der Waals surface area contributed by atoms with Gasteiger partial charge in [0.1, 0.15) is 0 Å². The molecule has 112 valence electrons. The van der Waals surface area contributed by atoms with E-state index in [1.165, 1.54) is 0 Å². The lowest BCUT2D eigenvalue weighted by Crippen LogP contribution is -2.02. The van der Waals surface area contributed by atoms with Gasteiger partial charge in [0.05, 0.1) is 0 Å². The molecule has 23 heavy (non-hydrogen) atoms. The molecule has 0 aliphatic carbocycles. The van der Waals surface area contributed by atoms with Gasteiger partial charge < -0.3 is 0 Å². The first-order valence-electron chi connectivity index (χ1n) is 7.36. The zero-order valence-electron chi connectivity index (χ0n) is 12.6. The summed E-state index contributed by atoms with van der Waals surface area (Å²) in [7, 11) is 0. The summed E-state index contributed by atoms with van der Waals surface area (Å²) in [6.45, 7) is 4.04. The fourth-order valence-corrected chi connectivity index (χ4v) is 3.30. The van der Waals surface area contributed by atoms with Crippen LogP contribution < -0.4 is 0 Å². The topological polar surface area (TPSA) is 17.1 Å². The summed E-state index contributed by atoms with van der Waals surface area (Å²) in [5.41, 5.74) is 2.07. The summed E-state index contributed by atoms with van der Waals surface area (Å²) in [6, 6.07) is 27.3. The van der Waals surface area contributed by atoms with Crippen LogP contribution in [-0.4, -0.2) is 5.78 Å². The number of benzene rings is 3. The van der Waals surface area contributed by atoms with Gasteiger partial charge >= 0.3 is 0 Å². The monoisotopic (exact) mass is 316 g/mol. The van der Waals surface area contributed by atoms with Crippen LogP contribution in [0.4, 0.5) is 0 Å². The SMILES string of the molecule is C=C(C(=O)c1ccccc1)c1ccccc1Sc1ccccc1. The van der Waals surface area contributed by atoms with Gasteiger partial charge in [0.25, 0.3) is 0 Å². The van der Waals surface area contributed by atoms with Crippen LogP contribution in [-0.2, 0) is 0 Å². The van der Waals surface area contributed by atoms with E-state index < -0.39 is 0 Å². The van der Waals surface area contributed by atoms with Crippen molar-refractivity contribution < 1.29 is 4.79 Å². The smallest absolute Gasteiger partial charge is 0.193 e. The molecule has 0 radical (unpaired) electrons. The minimum Gasteiger partial charge on any atom is -0.289 e. The largest absolute Gasteiger partial charge is 0.289 e. The van der Waals surface area contributed by atoms with E-state index in [2.05, 4.69) is 18.7 Å². The molecule has 0 saturated carbocycles. The molecule has 0 spiro atoms. The molecule has 0 aliphatic heterocycles. The molecule has 0 N–H and O–H groups in total. The number of carbonyl (C=O) groups excluding carboxylic acids is 1. The first kappa shape index (κ1) is 15.3. The lowest BCUT2D eigenvalue weighted by Gasteiger charge is -2.11. The molecular formula is C21H16OS. The molecule has 0 amide bonds. The van der Waals surface area contributed by atoms with Crippen molar-refractivity contribution in [2.24, 2.45) is 0 Å². The number of hydrogen-bond acceptors (Lipinski definition) is 2. The van der Waals surface area contributed by atoms with Gasteiger partial charge in [0, 0.05) is 20.9 Å². The Bertz CT molecular complexity index is 823. The van der Waals surface area contributed by atoms with Gasteiger partial charge in [0.15, 0.2) is 5.78 Å². The lowest BCUT2D eigenvalue weighted by atomic mass is 9.98. The number of carbonyl (C=O) groups is 1. The predicted molar refractivity (Wildman–Crippen MR) is 96.8 cm³/mol. The number of allylic oxidation sites excluding steroid dienone is 1. The summed E-state index contributed by atoms with van der Waals surface area (Å²) < 4.78 is 0.